The van der Waals surface area contributed by atoms with Crippen molar-refractivity contribution in [2.45, 2.75) is 32.9 Å². The molecule has 2 N–H and O–H groups in total. The van der Waals surface area contributed by atoms with Crippen LogP contribution in [0.25, 0.3) is 0 Å². The number of nitrogens with one attached hydrogen (secondary N) is 1. The molecule has 0 spiro atoms. The van der Waals surface area contributed by atoms with Gasteiger partial charge in [0.2, 0.25) is 0 Å². The Kier molecular flexibility index (Phi) is 9.08. The highest BCUT2D eigenvalue weighted by Crippen LogP contribution is 2.14. The van der Waals surface area contributed by atoms with E-state index in [1.54, 1.807) is 0 Å². The van der Waals surface area contributed by atoms with Crippen molar-refractivity contribution in [2.24, 2.45) is 0 Å². The molecule has 1 fully saturated rings. The highest BCUT2D eigenvalue weighted by molar-refractivity contribution is 5.28. The molecule has 3 rings (SSSR count). The van der Waals surface area contributed by atoms with E-state index in [9.17, 15) is 5.11 Å². The summed E-state index contributed by atoms with van der Waals surface area (Å²) in [6.45, 7) is 12.2. The molecular formula is C24H36N4O2. The Balaban J connectivity index is 1.35. The minimum Gasteiger partial charge on any atom is -0.491 e. The summed E-state index contributed by atoms with van der Waals surface area (Å²) in [4.78, 5) is 9.30. The van der Waals surface area contributed by atoms with Gasteiger partial charge in [-0.25, -0.2) is 0 Å². The van der Waals surface area contributed by atoms with E-state index >= 15 is 0 Å². The second kappa shape index (κ2) is 12.0. The Morgan fingerprint density at radius 1 is 1.10 bits per heavy atom. The normalized spacial score (nSPS) is 16.5. The number of hydrogen-bond acceptors (Lipinski definition) is 6. The van der Waals surface area contributed by atoms with Gasteiger partial charge in [0.25, 0.3) is 0 Å². The Bertz CT molecular complexity index is 762. The van der Waals surface area contributed by atoms with Crippen molar-refractivity contribution in [3.63, 3.8) is 0 Å². The second-order valence-corrected chi connectivity index (χ2v) is 8.04. The number of aryl methyl sites for hydroxylation is 1. The molecular weight excluding hydrogens is 376 g/mol. The topological polar surface area (TPSA) is 60.9 Å². The summed E-state index contributed by atoms with van der Waals surface area (Å²) in [5.41, 5.74) is 3.35. The van der Waals surface area contributed by atoms with Crippen LogP contribution in [0.1, 0.15) is 23.9 Å². The van der Waals surface area contributed by atoms with E-state index in [1.807, 2.05) is 31.2 Å². The standard InChI is InChI=1S/C24H36N4O2/c1-3-27-12-14-28(15-13-27)18-23(29)19-30-24-9-5-7-21(16-24)17-25-11-10-22-8-4-6-20(2)26-22/h4-9,16,23,25,29H,3,10-15,17-19H2,1-2H3/t23-/m0/s1. The number of ether oxygens (including phenoxy) is 1. The van der Waals surface area contributed by atoms with Crippen LogP contribution < -0.4 is 10.1 Å². The van der Waals surface area contributed by atoms with Crippen LogP contribution in [-0.2, 0) is 13.0 Å². The number of rotatable bonds is 11. The summed E-state index contributed by atoms with van der Waals surface area (Å²) >= 11 is 0. The number of aliphatic hydroxyl groups is 1. The average Bonchev–Trinajstić information content (AvgIpc) is 2.76. The van der Waals surface area contributed by atoms with Gasteiger partial charge in [0.05, 0.1) is 0 Å². The van der Waals surface area contributed by atoms with E-state index < -0.39 is 6.10 Å². The fraction of sp³-hybridized carbons (Fsp3) is 0.542. The zero-order valence-electron chi connectivity index (χ0n) is 18.4. The predicted molar refractivity (Wildman–Crippen MR) is 121 cm³/mol. The number of piperazine rings is 1. The molecule has 1 atom stereocenters. The monoisotopic (exact) mass is 412 g/mol. The molecule has 30 heavy (non-hydrogen) atoms. The van der Waals surface area contributed by atoms with E-state index in [0.29, 0.717) is 13.2 Å². The fourth-order valence-corrected chi connectivity index (χ4v) is 3.76. The number of aliphatic hydroxyl groups excluding tert-OH is 1. The van der Waals surface area contributed by atoms with E-state index in [0.717, 1.165) is 69.4 Å². The van der Waals surface area contributed by atoms with Crippen LogP contribution in [0.4, 0.5) is 0 Å². The van der Waals surface area contributed by atoms with Gasteiger partial charge < -0.3 is 20.1 Å². The van der Waals surface area contributed by atoms with Crippen LogP contribution in [0.15, 0.2) is 42.5 Å². The van der Waals surface area contributed by atoms with Crippen molar-refractivity contribution >= 4 is 0 Å². The third-order valence-corrected chi connectivity index (χ3v) is 5.55. The first-order valence-corrected chi connectivity index (χ1v) is 11.1. The van der Waals surface area contributed by atoms with E-state index in [2.05, 4.69) is 45.2 Å². The van der Waals surface area contributed by atoms with E-state index in [-0.39, 0.29) is 0 Å². The molecule has 0 aliphatic carbocycles. The van der Waals surface area contributed by atoms with Gasteiger partial charge in [0.15, 0.2) is 0 Å². The summed E-state index contributed by atoms with van der Waals surface area (Å²) in [5.74, 6) is 0.810. The smallest absolute Gasteiger partial charge is 0.119 e. The van der Waals surface area contributed by atoms with Gasteiger partial charge in [-0.2, -0.15) is 0 Å². The molecule has 164 valence electrons. The molecule has 1 aromatic heterocycles. The molecule has 0 amide bonds. The molecule has 6 heteroatoms. The van der Waals surface area contributed by atoms with Gasteiger partial charge in [-0.1, -0.05) is 25.1 Å². The molecule has 2 aromatic rings. The SMILES string of the molecule is CCN1CCN(C[C@H](O)COc2cccc(CNCCc3cccc(C)n3)c2)CC1. The van der Waals surface area contributed by atoms with Crippen LogP contribution in [-0.4, -0.2) is 78.4 Å². The predicted octanol–water partition coefficient (Wildman–Crippen LogP) is 2.10. The molecule has 0 radical (unpaired) electrons. The maximum atomic E-state index is 10.4. The van der Waals surface area contributed by atoms with Gasteiger partial charge >= 0.3 is 0 Å². The molecule has 1 saturated heterocycles. The largest absolute Gasteiger partial charge is 0.491 e. The number of pyridine rings is 1. The first-order valence-electron chi connectivity index (χ1n) is 11.1. The zero-order valence-corrected chi connectivity index (χ0v) is 18.4. The number of benzene rings is 1. The highest BCUT2D eigenvalue weighted by Gasteiger charge is 2.18. The van der Waals surface area contributed by atoms with Gasteiger partial charge in [-0.15, -0.1) is 0 Å². The molecule has 1 aromatic carbocycles. The Hall–Kier alpha value is -1.99. The van der Waals surface area contributed by atoms with Crippen LogP contribution in [0, 0.1) is 6.92 Å². The van der Waals surface area contributed by atoms with Gasteiger partial charge in [0.1, 0.15) is 18.5 Å². The van der Waals surface area contributed by atoms with Crippen molar-refractivity contribution in [1.29, 1.82) is 0 Å². The summed E-state index contributed by atoms with van der Waals surface area (Å²) < 4.78 is 5.86. The molecule has 0 bridgehead atoms. The summed E-state index contributed by atoms with van der Waals surface area (Å²) in [6, 6.07) is 14.2. The lowest BCUT2D eigenvalue weighted by molar-refractivity contribution is 0.0471. The average molecular weight is 413 g/mol. The third-order valence-electron chi connectivity index (χ3n) is 5.55. The maximum absolute atomic E-state index is 10.4. The van der Waals surface area contributed by atoms with Crippen LogP contribution in [0.2, 0.25) is 0 Å². The summed E-state index contributed by atoms with van der Waals surface area (Å²) in [7, 11) is 0. The minimum atomic E-state index is -0.471. The number of aromatic nitrogens is 1. The fourth-order valence-electron chi connectivity index (χ4n) is 3.76. The lowest BCUT2D eigenvalue weighted by atomic mass is 10.2. The first kappa shape index (κ1) is 22.7. The van der Waals surface area contributed by atoms with E-state index in [4.69, 9.17) is 4.74 Å². The van der Waals surface area contributed by atoms with Crippen molar-refractivity contribution in [3.05, 3.63) is 59.4 Å². The minimum absolute atomic E-state index is 0.323. The Labute approximate surface area is 180 Å². The summed E-state index contributed by atoms with van der Waals surface area (Å²) in [5, 5.41) is 13.8. The van der Waals surface area contributed by atoms with Crippen molar-refractivity contribution in [3.8, 4) is 5.75 Å². The zero-order chi connectivity index (χ0) is 21.2. The Morgan fingerprint density at radius 3 is 2.63 bits per heavy atom. The summed E-state index contributed by atoms with van der Waals surface area (Å²) in [6.07, 6.45) is 0.443. The number of likely N-dealkylation sites (N-methyl/N-ethyl adjacent to an activating group) is 1. The van der Waals surface area contributed by atoms with Crippen LogP contribution in [0.5, 0.6) is 5.75 Å². The number of β-amino-alcohol motifs (C(OH)–C–C–N with tert-alkyl or cyclic N) is 1. The Morgan fingerprint density at radius 2 is 1.87 bits per heavy atom. The van der Waals surface area contributed by atoms with Gasteiger partial charge in [-0.05, 0) is 43.3 Å². The first-order chi connectivity index (χ1) is 14.6. The van der Waals surface area contributed by atoms with Gasteiger partial charge in [-0.3, -0.25) is 9.88 Å². The van der Waals surface area contributed by atoms with Crippen LogP contribution >= 0.6 is 0 Å². The maximum Gasteiger partial charge on any atom is 0.119 e. The van der Waals surface area contributed by atoms with Gasteiger partial charge in [0, 0.05) is 63.6 Å². The molecule has 0 unspecified atom stereocenters. The molecule has 1 aliphatic heterocycles. The molecule has 2 heterocycles. The van der Waals surface area contributed by atoms with E-state index in [1.165, 1.54) is 5.56 Å². The quantitative estimate of drug-likeness (QED) is 0.551. The highest BCUT2D eigenvalue weighted by atomic mass is 16.5. The lowest BCUT2D eigenvalue weighted by Crippen LogP contribution is -2.49. The lowest BCUT2D eigenvalue weighted by Gasteiger charge is -2.34. The third kappa shape index (κ3) is 7.69. The number of hydrogen-bond donors (Lipinski definition) is 2. The second-order valence-electron chi connectivity index (χ2n) is 8.04. The van der Waals surface area contributed by atoms with Crippen molar-refractivity contribution in [1.82, 2.24) is 20.1 Å². The van der Waals surface area contributed by atoms with Crippen LogP contribution in [0.3, 0.4) is 0 Å². The number of nitrogens with zero attached hydrogens (tertiary/aromatic N) is 3. The molecule has 6 nitrogen and oxygen atoms in total. The molecule has 1 aliphatic rings. The van der Waals surface area contributed by atoms with Crippen molar-refractivity contribution < 1.29 is 9.84 Å². The molecule has 0 saturated carbocycles. The van der Waals surface area contributed by atoms with Crippen molar-refractivity contribution in [2.75, 3.05) is 52.4 Å².